The van der Waals surface area contributed by atoms with Crippen LogP contribution in [0, 0.1) is 10.8 Å². The smallest absolute Gasteiger partial charge is 0.311 e. The van der Waals surface area contributed by atoms with Gasteiger partial charge in [0.05, 0.1) is 5.41 Å². The van der Waals surface area contributed by atoms with Crippen LogP contribution in [0.1, 0.15) is 58.3 Å². The first-order chi connectivity index (χ1) is 8.49. The van der Waals surface area contributed by atoms with E-state index in [2.05, 4.69) is 5.32 Å². The number of hydrogen-bond donors (Lipinski definition) is 2. The molecule has 0 heterocycles. The lowest BCUT2D eigenvalue weighted by Gasteiger charge is -2.27. The number of amides is 1. The van der Waals surface area contributed by atoms with Crippen molar-refractivity contribution in [3.05, 3.63) is 0 Å². The lowest BCUT2D eigenvalue weighted by Crippen LogP contribution is -2.42. The third kappa shape index (κ3) is 2.68. The number of carboxylic acid groups (broad SMARTS) is 1. The van der Waals surface area contributed by atoms with Gasteiger partial charge in [0, 0.05) is 12.0 Å². The molecule has 0 aromatic heterocycles. The van der Waals surface area contributed by atoms with E-state index in [1.54, 1.807) is 0 Å². The molecule has 0 unspecified atom stereocenters. The summed E-state index contributed by atoms with van der Waals surface area (Å²) >= 11 is 0. The first kappa shape index (κ1) is 13.4. The van der Waals surface area contributed by atoms with Crippen molar-refractivity contribution < 1.29 is 14.7 Å². The molecule has 102 valence electrons. The fourth-order valence-electron chi connectivity index (χ4n) is 2.82. The predicted molar refractivity (Wildman–Crippen MR) is 68.1 cm³/mol. The molecule has 0 spiro atoms. The van der Waals surface area contributed by atoms with Crippen LogP contribution in [0.2, 0.25) is 0 Å². The van der Waals surface area contributed by atoms with Crippen LogP contribution in [0.5, 0.6) is 0 Å². The molecule has 2 saturated carbocycles. The summed E-state index contributed by atoms with van der Waals surface area (Å²) in [5.74, 6) is -0.717. The number of carbonyl (C=O) groups is 2. The highest BCUT2D eigenvalue weighted by Crippen LogP contribution is 2.45. The summed E-state index contributed by atoms with van der Waals surface area (Å²) in [6, 6.07) is 0. The molecule has 0 saturated heterocycles. The Bertz CT molecular complexity index is 339. The molecule has 2 aliphatic rings. The molecule has 2 N–H and O–H groups in total. The van der Waals surface area contributed by atoms with E-state index in [9.17, 15) is 9.59 Å². The van der Waals surface area contributed by atoms with Crippen molar-refractivity contribution in [1.29, 1.82) is 0 Å². The van der Waals surface area contributed by atoms with Crippen LogP contribution in [0.3, 0.4) is 0 Å². The number of nitrogens with one attached hydrogen (secondary N) is 1. The fourth-order valence-corrected chi connectivity index (χ4v) is 2.82. The largest absolute Gasteiger partial charge is 0.481 e. The molecule has 1 amide bonds. The summed E-state index contributed by atoms with van der Waals surface area (Å²) in [6.45, 7) is 2.32. The molecule has 0 aliphatic heterocycles. The van der Waals surface area contributed by atoms with E-state index < -0.39 is 11.4 Å². The molecule has 4 heteroatoms. The number of carboxylic acids is 1. The minimum Gasteiger partial charge on any atom is -0.481 e. The maximum atomic E-state index is 12.3. The fraction of sp³-hybridized carbons (Fsp3) is 0.857. The van der Waals surface area contributed by atoms with Gasteiger partial charge in [-0.05, 0) is 25.7 Å². The number of aliphatic carboxylic acids is 1. The van der Waals surface area contributed by atoms with Crippen LogP contribution in [0.4, 0.5) is 0 Å². The maximum absolute atomic E-state index is 12.3. The Kier molecular flexibility index (Phi) is 3.64. The first-order valence-corrected chi connectivity index (χ1v) is 7.00. The highest BCUT2D eigenvalue weighted by atomic mass is 16.4. The summed E-state index contributed by atoms with van der Waals surface area (Å²) in [4.78, 5) is 23.3. The van der Waals surface area contributed by atoms with Crippen molar-refractivity contribution in [3.63, 3.8) is 0 Å². The Morgan fingerprint density at radius 3 is 2.06 bits per heavy atom. The van der Waals surface area contributed by atoms with E-state index in [-0.39, 0.29) is 11.3 Å². The zero-order chi connectivity index (χ0) is 13.2. The summed E-state index contributed by atoms with van der Waals surface area (Å²) in [7, 11) is 0. The predicted octanol–water partition coefficient (Wildman–Crippen LogP) is 2.33. The minimum atomic E-state index is -0.770. The van der Waals surface area contributed by atoms with E-state index in [0.29, 0.717) is 19.4 Å². The number of hydrogen-bond acceptors (Lipinski definition) is 2. The number of rotatable bonds is 4. The Morgan fingerprint density at radius 1 is 1.06 bits per heavy atom. The van der Waals surface area contributed by atoms with Gasteiger partial charge in [-0.3, -0.25) is 9.59 Å². The molecule has 4 nitrogen and oxygen atoms in total. The highest BCUT2D eigenvalue weighted by molar-refractivity contribution is 5.84. The van der Waals surface area contributed by atoms with Crippen molar-refractivity contribution in [2.24, 2.45) is 10.8 Å². The molecule has 0 bridgehead atoms. The van der Waals surface area contributed by atoms with Gasteiger partial charge >= 0.3 is 5.97 Å². The Labute approximate surface area is 108 Å². The van der Waals surface area contributed by atoms with Gasteiger partial charge in [-0.2, -0.15) is 0 Å². The van der Waals surface area contributed by atoms with Crippen molar-refractivity contribution in [3.8, 4) is 0 Å². The maximum Gasteiger partial charge on any atom is 0.311 e. The third-order valence-corrected chi connectivity index (χ3v) is 4.65. The summed E-state index contributed by atoms with van der Waals surface area (Å²) < 4.78 is 0. The topological polar surface area (TPSA) is 66.4 Å². The van der Waals surface area contributed by atoms with Crippen LogP contribution >= 0.6 is 0 Å². The second-order valence-corrected chi connectivity index (χ2v) is 6.24. The van der Waals surface area contributed by atoms with Gasteiger partial charge in [-0.1, -0.05) is 32.6 Å². The van der Waals surface area contributed by atoms with E-state index in [1.807, 2.05) is 6.92 Å². The van der Waals surface area contributed by atoms with Gasteiger partial charge in [-0.15, -0.1) is 0 Å². The lowest BCUT2D eigenvalue weighted by atomic mass is 9.81. The van der Waals surface area contributed by atoms with E-state index in [4.69, 9.17) is 5.11 Å². The zero-order valence-electron chi connectivity index (χ0n) is 11.1. The molecule has 18 heavy (non-hydrogen) atoms. The Hall–Kier alpha value is -1.06. The summed E-state index contributed by atoms with van der Waals surface area (Å²) in [6.07, 6.45) is 7.88. The molecule has 2 fully saturated rings. The normalized spacial score (nSPS) is 24.9. The van der Waals surface area contributed by atoms with Gasteiger partial charge < -0.3 is 10.4 Å². The van der Waals surface area contributed by atoms with E-state index in [1.165, 1.54) is 12.8 Å². The summed E-state index contributed by atoms with van der Waals surface area (Å²) in [5, 5.41) is 12.0. The molecular weight excluding hydrogens is 230 g/mol. The molecule has 0 radical (unpaired) electrons. The SMILES string of the molecule is CC1(C(=O)NCC2(C(=O)O)CC2)CCCCCC1. The van der Waals surface area contributed by atoms with Crippen molar-refractivity contribution in [2.45, 2.75) is 58.3 Å². The van der Waals surface area contributed by atoms with Crippen molar-refractivity contribution in [2.75, 3.05) is 6.54 Å². The summed E-state index contributed by atoms with van der Waals surface area (Å²) in [5.41, 5.74) is -0.943. The molecule has 2 aliphatic carbocycles. The Morgan fingerprint density at radius 2 is 1.61 bits per heavy atom. The second kappa shape index (κ2) is 4.90. The van der Waals surface area contributed by atoms with Gasteiger partial charge in [0.25, 0.3) is 0 Å². The van der Waals surface area contributed by atoms with Crippen LogP contribution in [-0.4, -0.2) is 23.5 Å². The van der Waals surface area contributed by atoms with Crippen molar-refractivity contribution >= 4 is 11.9 Å². The van der Waals surface area contributed by atoms with Crippen LogP contribution in [0.25, 0.3) is 0 Å². The Balaban J connectivity index is 1.89. The van der Waals surface area contributed by atoms with Crippen molar-refractivity contribution in [1.82, 2.24) is 5.32 Å². The van der Waals surface area contributed by atoms with Crippen LogP contribution in [-0.2, 0) is 9.59 Å². The standard InChI is InChI=1S/C14H23NO3/c1-13(6-4-2-3-5-7-13)11(16)15-10-14(8-9-14)12(17)18/h2-10H2,1H3,(H,15,16)(H,17,18). The monoisotopic (exact) mass is 253 g/mol. The third-order valence-electron chi connectivity index (χ3n) is 4.65. The van der Waals surface area contributed by atoms with Gasteiger partial charge in [0.15, 0.2) is 0 Å². The van der Waals surface area contributed by atoms with Crippen LogP contribution < -0.4 is 5.32 Å². The first-order valence-electron chi connectivity index (χ1n) is 7.00. The van der Waals surface area contributed by atoms with Gasteiger partial charge in [0.2, 0.25) is 5.91 Å². The lowest BCUT2D eigenvalue weighted by molar-refractivity contribution is -0.143. The average molecular weight is 253 g/mol. The van der Waals surface area contributed by atoms with Gasteiger partial charge in [0.1, 0.15) is 0 Å². The second-order valence-electron chi connectivity index (χ2n) is 6.24. The molecular formula is C14H23NO3. The highest BCUT2D eigenvalue weighted by Gasteiger charge is 2.50. The number of carbonyl (C=O) groups excluding carboxylic acids is 1. The molecule has 2 rings (SSSR count). The quantitative estimate of drug-likeness (QED) is 0.756. The zero-order valence-corrected chi connectivity index (χ0v) is 11.1. The molecule has 0 aromatic rings. The van der Waals surface area contributed by atoms with E-state index in [0.717, 1.165) is 25.7 Å². The molecule has 0 atom stereocenters. The minimum absolute atomic E-state index is 0.0527. The molecule has 0 aromatic carbocycles. The average Bonchev–Trinajstić information content (AvgIpc) is 3.12. The van der Waals surface area contributed by atoms with E-state index >= 15 is 0 Å². The van der Waals surface area contributed by atoms with Crippen LogP contribution in [0.15, 0.2) is 0 Å². The van der Waals surface area contributed by atoms with Gasteiger partial charge in [-0.25, -0.2) is 0 Å².